The maximum Gasteiger partial charge on any atom is 0.146 e. The summed E-state index contributed by atoms with van der Waals surface area (Å²) in [5, 5.41) is 11.7. The Kier molecular flexibility index (Phi) is 3.75. The number of halogens is 2. The summed E-state index contributed by atoms with van der Waals surface area (Å²) in [5.41, 5.74) is 1.54. The molecule has 0 aliphatic carbocycles. The van der Waals surface area contributed by atoms with Gasteiger partial charge in [0.05, 0.1) is 16.9 Å². The molecule has 0 saturated heterocycles. The van der Waals surface area contributed by atoms with E-state index in [9.17, 15) is 4.39 Å². The van der Waals surface area contributed by atoms with E-state index in [4.69, 9.17) is 16.9 Å². The molecule has 0 amide bonds. The lowest BCUT2D eigenvalue weighted by Crippen LogP contribution is -2.02. The SMILES string of the molecule is N#Cc1ccc(NCc2cccc(Cl)c2F)cn1. The highest BCUT2D eigenvalue weighted by Gasteiger charge is 2.05. The highest BCUT2D eigenvalue weighted by atomic mass is 35.5. The number of anilines is 1. The lowest BCUT2D eigenvalue weighted by molar-refractivity contribution is 0.613. The van der Waals surface area contributed by atoms with Gasteiger partial charge < -0.3 is 5.32 Å². The van der Waals surface area contributed by atoms with Crippen molar-refractivity contribution in [3.8, 4) is 6.07 Å². The zero-order chi connectivity index (χ0) is 13.0. The molecule has 1 heterocycles. The van der Waals surface area contributed by atoms with E-state index in [1.165, 1.54) is 12.3 Å². The van der Waals surface area contributed by atoms with Crippen LogP contribution in [0.2, 0.25) is 5.02 Å². The number of pyridine rings is 1. The molecule has 18 heavy (non-hydrogen) atoms. The minimum absolute atomic E-state index is 0.104. The van der Waals surface area contributed by atoms with Gasteiger partial charge in [-0.2, -0.15) is 5.26 Å². The van der Waals surface area contributed by atoms with Crippen molar-refractivity contribution >= 4 is 17.3 Å². The van der Waals surface area contributed by atoms with Crippen LogP contribution < -0.4 is 5.32 Å². The fraction of sp³-hybridized carbons (Fsp3) is 0.0769. The van der Waals surface area contributed by atoms with Gasteiger partial charge in [0.25, 0.3) is 0 Å². The molecule has 1 aromatic carbocycles. The van der Waals surface area contributed by atoms with Crippen LogP contribution in [-0.2, 0) is 6.54 Å². The molecule has 0 radical (unpaired) electrons. The average Bonchev–Trinajstić information content (AvgIpc) is 2.41. The van der Waals surface area contributed by atoms with E-state index in [-0.39, 0.29) is 5.02 Å². The number of aromatic nitrogens is 1. The van der Waals surface area contributed by atoms with Crippen molar-refractivity contribution in [2.45, 2.75) is 6.54 Å². The van der Waals surface area contributed by atoms with Crippen LogP contribution >= 0.6 is 11.6 Å². The second-order valence-corrected chi connectivity index (χ2v) is 4.02. The molecular formula is C13H9ClFN3. The number of nitriles is 1. The molecule has 90 valence electrons. The molecule has 0 spiro atoms. The quantitative estimate of drug-likeness (QED) is 0.922. The van der Waals surface area contributed by atoms with Gasteiger partial charge >= 0.3 is 0 Å². The monoisotopic (exact) mass is 261 g/mol. The van der Waals surface area contributed by atoms with Crippen molar-refractivity contribution in [2.24, 2.45) is 0 Å². The van der Waals surface area contributed by atoms with Crippen molar-refractivity contribution in [1.82, 2.24) is 4.98 Å². The lowest BCUT2D eigenvalue weighted by Gasteiger charge is -2.07. The van der Waals surface area contributed by atoms with Gasteiger partial charge in [0, 0.05) is 12.1 Å². The Morgan fingerprint density at radius 2 is 2.17 bits per heavy atom. The molecule has 5 heteroatoms. The van der Waals surface area contributed by atoms with Crippen LogP contribution in [0.1, 0.15) is 11.3 Å². The molecule has 0 unspecified atom stereocenters. The predicted molar refractivity (Wildman–Crippen MR) is 67.7 cm³/mol. The van der Waals surface area contributed by atoms with E-state index in [0.717, 1.165) is 0 Å². The van der Waals surface area contributed by atoms with Crippen molar-refractivity contribution < 1.29 is 4.39 Å². The highest BCUT2D eigenvalue weighted by molar-refractivity contribution is 6.30. The largest absolute Gasteiger partial charge is 0.380 e. The molecule has 0 saturated carbocycles. The Hall–Kier alpha value is -2.12. The number of benzene rings is 1. The summed E-state index contributed by atoms with van der Waals surface area (Å²) < 4.78 is 13.6. The summed E-state index contributed by atoms with van der Waals surface area (Å²) in [4.78, 5) is 3.91. The van der Waals surface area contributed by atoms with Gasteiger partial charge in [-0.25, -0.2) is 9.37 Å². The summed E-state index contributed by atoms with van der Waals surface area (Å²) in [5.74, 6) is -0.423. The Morgan fingerprint density at radius 1 is 1.33 bits per heavy atom. The Balaban J connectivity index is 2.07. The zero-order valence-corrected chi connectivity index (χ0v) is 10.1. The van der Waals surface area contributed by atoms with Crippen LogP contribution in [0.3, 0.4) is 0 Å². The third-order valence-corrected chi connectivity index (χ3v) is 2.68. The number of hydrogen-bond donors (Lipinski definition) is 1. The van der Waals surface area contributed by atoms with Crippen LogP contribution in [0.15, 0.2) is 36.5 Å². The molecule has 2 rings (SSSR count). The van der Waals surface area contributed by atoms with Gasteiger partial charge in [-0.3, -0.25) is 0 Å². The summed E-state index contributed by atoms with van der Waals surface area (Å²) in [7, 11) is 0. The van der Waals surface area contributed by atoms with Gasteiger partial charge in [-0.15, -0.1) is 0 Å². The Labute approximate surface area is 109 Å². The summed E-state index contributed by atoms with van der Waals surface area (Å²) in [6.45, 7) is 0.306. The fourth-order valence-electron chi connectivity index (χ4n) is 1.45. The predicted octanol–water partition coefficient (Wildman–Crippen LogP) is 3.36. The minimum atomic E-state index is -0.423. The van der Waals surface area contributed by atoms with Gasteiger partial charge in [-0.1, -0.05) is 23.7 Å². The standard InChI is InChI=1S/C13H9ClFN3/c14-12-3-1-2-9(13(12)15)7-17-11-5-4-10(6-16)18-8-11/h1-5,8,17H,7H2. The zero-order valence-electron chi connectivity index (χ0n) is 9.32. The maximum absolute atomic E-state index is 13.6. The summed E-state index contributed by atoms with van der Waals surface area (Å²) in [6, 6.07) is 10.1. The maximum atomic E-state index is 13.6. The van der Waals surface area contributed by atoms with E-state index < -0.39 is 5.82 Å². The number of hydrogen-bond acceptors (Lipinski definition) is 3. The van der Waals surface area contributed by atoms with E-state index in [0.29, 0.717) is 23.5 Å². The molecule has 0 aliphatic rings. The van der Waals surface area contributed by atoms with Crippen molar-refractivity contribution in [3.05, 3.63) is 58.6 Å². The van der Waals surface area contributed by atoms with Crippen LogP contribution in [0, 0.1) is 17.1 Å². The van der Waals surface area contributed by atoms with Gasteiger partial charge in [-0.05, 0) is 18.2 Å². The van der Waals surface area contributed by atoms with Gasteiger partial charge in [0.15, 0.2) is 0 Å². The molecule has 0 aliphatic heterocycles. The molecule has 3 nitrogen and oxygen atoms in total. The fourth-order valence-corrected chi connectivity index (χ4v) is 1.64. The lowest BCUT2D eigenvalue weighted by atomic mass is 10.2. The van der Waals surface area contributed by atoms with Crippen LogP contribution in [0.4, 0.5) is 10.1 Å². The van der Waals surface area contributed by atoms with Crippen LogP contribution in [-0.4, -0.2) is 4.98 Å². The molecule has 2 aromatic rings. The third-order valence-electron chi connectivity index (χ3n) is 2.39. The van der Waals surface area contributed by atoms with Crippen molar-refractivity contribution in [1.29, 1.82) is 5.26 Å². The second kappa shape index (κ2) is 5.48. The van der Waals surface area contributed by atoms with Gasteiger partial charge in [0.1, 0.15) is 17.6 Å². The molecule has 0 fully saturated rings. The molecular weight excluding hydrogens is 253 g/mol. The normalized spacial score (nSPS) is 9.83. The van der Waals surface area contributed by atoms with E-state index in [1.54, 1.807) is 24.3 Å². The first-order valence-electron chi connectivity index (χ1n) is 5.23. The van der Waals surface area contributed by atoms with Crippen LogP contribution in [0.5, 0.6) is 0 Å². The number of nitrogens with one attached hydrogen (secondary N) is 1. The smallest absolute Gasteiger partial charge is 0.146 e. The van der Waals surface area contributed by atoms with E-state index >= 15 is 0 Å². The van der Waals surface area contributed by atoms with E-state index in [2.05, 4.69) is 10.3 Å². The first kappa shape index (κ1) is 12.3. The molecule has 0 atom stereocenters. The number of nitrogens with zero attached hydrogens (tertiary/aromatic N) is 2. The average molecular weight is 262 g/mol. The first-order chi connectivity index (χ1) is 8.70. The molecule has 1 aromatic heterocycles. The molecule has 0 bridgehead atoms. The minimum Gasteiger partial charge on any atom is -0.380 e. The third kappa shape index (κ3) is 2.76. The Bertz CT molecular complexity index is 590. The second-order valence-electron chi connectivity index (χ2n) is 3.61. The topological polar surface area (TPSA) is 48.7 Å². The van der Waals surface area contributed by atoms with Crippen molar-refractivity contribution in [3.63, 3.8) is 0 Å². The number of rotatable bonds is 3. The Morgan fingerprint density at radius 3 is 2.83 bits per heavy atom. The van der Waals surface area contributed by atoms with Gasteiger partial charge in [0.2, 0.25) is 0 Å². The summed E-state index contributed by atoms with van der Waals surface area (Å²) >= 11 is 5.68. The summed E-state index contributed by atoms with van der Waals surface area (Å²) in [6.07, 6.45) is 1.53. The first-order valence-corrected chi connectivity index (χ1v) is 5.61. The highest BCUT2D eigenvalue weighted by Crippen LogP contribution is 2.18. The molecule has 1 N–H and O–H groups in total. The van der Waals surface area contributed by atoms with Crippen molar-refractivity contribution in [2.75, 3.05) is 5.32 Å². The van der Waals surface area contributed by atoms with E-state index in [1.807, 2.05) is 6.07 Å². The van der Waals surface area contributed by atoms with Crippen LogP contribution in [0.25, 0.3) is 0 Å².